The zero-order valence-electron chi connectivity index (χ0n) is 59.5. The Morgan fingerprint density at radius 2 is 0.956 bits per heavy atom. The summed E-state index contributed by atoms with van der Waals surface area (Å²) in [5, 5.41) is 76.8. The Hall–Kier alpha value is -8.80. The number of aromatic carboxylic acids is 1. The summed E-state index contributed by atoms with van der Waals surface area (Å²) in [4.78, 5) is 84.4. The summed E-state index contributed by atoms with van der Waals surface area (Å²) in [6, 6.07) is 27.2. The van der Waals surface area contributed by atoms with Crippen molar-refractivity contribution in [2.45, 2.75) is 65.1 Å². The number of hydrogen-bond donors (Lipinski definition) is 7. The number of methoxy groups -OCH3 is 4. The van der Waals surface area contributed by atoms with Crippen molar-refractivity contribution in [3.05, 3.63) is 264 Å². The molecule has 114 heavy (non-hydrogen) atoms. The second-order valence-corrected chi connectivity index (χ2v) is 24.2. The van der Waals surface area contributed by atoms with E-state index >= 15 is 0 Å². The number of ether oxygens (including phenoxy) is 7. The number of carbonyl (C=O) groups excluding carboxylic acids is 2. The third kappa shape index (κ3) is 41.0. The van der Waals surface area contributed by atoms with Gasteiger partial charge in [0, 0.05) is 125 Å². The van der Waals surface area contributed by atoms with Crippen LogP contribution in [0.5, 0.6) is 0 Å². The van der Waals surface area contributed by atoms with E-state index in [-0.39, 0.29) is 156 Å². The Balaban J connectivity index is -0.000000413. The number of carboxylic acid groups (broad SMARTS) is 1. The van der Waals surface area contributed by atoms with Crippen LogP contribution in [0, 0.1) is 63.1 Å². The first kappa shape index (κ1) is 112. The molecule has 7 aromatic rings. The van der Waals surface area contributed by atoms with Crippen LogP contribution in [0.25, 0.3) is 4.85 Å². The second kappa shape index (κ2) is 59.0. The molecule has 1 atom stereocenters. The van der Waals surface area contributed by atoms with Crippen LogP contribution in [0.15, 0.2) is 133 Å². The zero-order valence-corrected chi connectivity index (χ0v) is 66.8. The smallest absolute Gasteiger partial charge is 0.870 e. The van der Waals surface area contributed by atoms with Crippen molar-refractivity contribution in [2.75, 3.05) is 85.4 Å². The molecule has 0 saturated heterocycles. The first-order valence-corrected chi connectivity index (χ1v) is 33.2. The third-order valence-electron chi connectivity index (χ3n) is 13.7. The van der Waals surface area contributed by atoms with Crippen molar-refractivity contribution in [1.29, 1.82) is 0 Å². The first-order valence-electron chi connectivity index (χ1n) is 30.6. The van der Waals surface area contributed by atoms with Gasteiger partial charge in [-0.25, -0.2) is 9.64 Å². The number of halogens is 10. The largest absolute Gasteiger partial charge is 1.00 e. The average Bonchev–Trinajstić information content (AvgIpc) is 1.19. The fourth-order valence-corrected chi connectivity index (χ4v) is 9.39. The average molecular weight is 1760 g/mol. The molecule has 1 aliphatic carbocycles. The molecular formula is C69H81Cl7F3N10NaO24. The summed E-state index contributed by atoms with van der Waals surface area (Å²) in [5.74, 6) is -1.67. The van der Waals surface area contributed by atoms with Gasteiger partial charge in [-0.2, -0.15) is 13.2 Å². The van der Waals surface area contributed by atoms with Crippen LogP contribution in [0.3, 0.4) is 0 Å². The van der Waals surface area contributed by atoms with Gasteiger partial charge >= 0.3 is 47.7 Å². The van der Waals surface area contributed by atoms with Crippen LogP contribution >= 0.6 is 81.2 Å². The standard InChI is InChI=1S/C18H22ClF3N2O3.C10H12ClNO4.C10H14ClNO2.C9H8ClNO4.C7H3ClN2O2.C7H4ClNO4.C6H5ClN2O2.2CH4.Na.H2O2.H2O.H2/c1-26-11-27-7-5-13-8-16(24-10-25)14(9-15(13)19)17(23,18(20,21)22)6-4-12-2-3-12;1-15-7-16-5-4-8-6-9(12(13)14)2-3-10(8)11;1-13-7-14-5-4-8-6-9(12)2-3-10(8)11;1-15-9(12)5-6-4-7(11(13)14)2-3-8(6)10;1-9-7-4-5(10(11)12)2-3-6(7)8;8-6-2-1-4(9(12)13)3-5(6)7(10)11;7-5-2-1-4(9(10)11)3-6(5)8;;;;1-2;;/h4,6,8-10,12H,2-3,5,7,11,23H2,1H3,(H,24,25);2-3,6H,4-5,7H2,1H3;2-3,6H,4-5,7,12H2,1H3;2-4H,5H2,1H3;2-4H;1-3H,(H,10,11);1-3H,8H2;2*1H4;;1-2H;1H2;1H/q;;;;;;;;;+1;;;/p-1/b6-4+;;;;;;;;;;;;/t17-;;;;;;;;;;;;/m0............/s1. The van der Waals surface area contributed by atoms with Gasteiger partial charge in [-0.05, 0) is 121 Å². The van der Waals surface area contributed by atoms with Crippen LogP contribution in [0.1, 0.15) is 67.3 Å². The maximum atomic E-state index is 13.8. The molecule has 0 bridgehead atoms. The molecule has 0 aromatic heterocycles. The van der Waals surface area contributed by atoms with Gasteiger partial charge in [-0.15, -0.1) is 0 Å². The van der Waals surface area contributed by atoms with Gasteiger partial charge in [0.25, 0.3) is 28.4 Å². The molecule has 7 aromatic carbocycles. The molecule has 1 amide bonds. The topological polar surface area (TPSA) is 517 Å². The third-order valence-corrected chi connectivity index (χ3v) is 16.1. The van der Waals surface area contributed by atoms with E-state index in [2.05, 4.69) is 14.9 Å². The Morgan fingerprint density at radius 1 is 0.579 bits per heavy atom. The molecule has 11 N–H and O–H groups in total. The number of nitrogens with zero attached hydrogens (tertiary/aromatic N) is 6. The monoisotopic (exact) mass is 1760 g/mol. The number of benzene rings is 7. The Kier molecular flexibility index (Phi) is 57.7. The number of nitrogens with one attached hydrogen (secondary N) is 1. The molecule has 1 saturated carbocycles. The number of amides is 1. The minimum absolute atomic E-state index is 0. The number of hydrogen-bond acceptors (Lipinski definition) is 26. The van der Waals surface area contributed by atoms with E-state index in [1.807, 2.05) is 6.07 Å². The van der Waals surface area contributed by atoms with Gasteiger partial charge in [0.15, 0.2) is 5.54 Å². The van der Waals surface area contributed by atoms with Gasteiger partial charge in [-0.1, -0.05) is 108 Å². The van der Waals surface area contributed by atoms with E-state index in [1.54, 1.807) is 19.2 Å². The Bertz CT molecular complexity index is 4320. The van der Waals surface area contributed by atoms with E-state index in [1.165, 1.54) is 106 Å². The number of anilines is 3. The number of esters is 1. The second-order valence-electron chi connectivity index (χ2n) is 21.4. The van der Waals surface area contributed by atoms with Gasteiger partial charge in [0.05, 0.1) is 85.8 Å². The van der Waals surface area contributed by atoms with Crippen molar-refractivity contribution in [3.8, 4) is 0 Å². The van der Waals surface area contributed by atoms with Crippen LogP contribution in [-0.2, 0) is 74.0 Å². The summed E-state index contributed by atoms with van der Waals surface area (Å²) < 4.78 is 75.6. The van der Waals surface area contributed by atoms with Gasteiger partial charge in [0.1, 0.15) is 20.4 Å². The summed E-state index contributed by atoms with van der Waals surface area (Å²) >= 11 is 40.4. The predicted molar refractivity (Wildman–Crippen MR) is 422 cm³/mol. The van der Waals surface area contributed by atoms with Crippen molar-refractivity contribution >= 4 is 151 Å². The molecule has 0 unspecified atom stereocenters. The Morgan fingerprint density at radius 3 is 1.35 bits per heavy atom. The van der Waals surface area contributed by atoms with Crippen molar-refractivity contribution < 1.29 is 137 Å². The minimum atomic E-state index is -4.77. The maximum absolute atomic E-state index is 13.8. The summed E-state index contributed by atoms with van der Waals surface area (Å²) in [5.41, 5.74) is 16.5. The number of alkyl halides is 3. The fraction of sp³-hybridized carbons (Fsp3) is 0.304. The Labute approximate surface area is 709 Å². The van der Waals surface area contributed by atoms with Crippen molar-refractivity contribution in [3.63, 3.8) is 0 Å². The predicted octanol–water partition coefficient (Wildman–Crippen LogP) is 15.2. The molecule has 34 nitrogen and oxygen atoms in total. The number of carboxylic acids is 1. The quantitative estimate of drug-likeness (QED) is 0.00205. The van der Waals surface area contributed by atoms with E-state index < -0.39 is 48.3 Å². The normalized spacial score (nSPS) is 11.1. The molecular weight excluding hydrogens is 1680 g/mol. The molecule has 1 fully saturated rings. The number of rotatable bonds is 28. The van der Waals surface area contributed by atoms with Crippen LogP contribution in [0.4, 0.5) is 64.4 Å². The molecule has 45 heteroatoms. The summed E-state index contributed by atoms with van der Waals surface area (Å²) in [6.45, 7) is 8.47. The number of nitrogen functional groups attached to an aromatic ring is 2. The molecule has 0 heterocycles. The van der Waals surface area contributed by atoms with Crippen LogP contribution in [0.2, 0.25) is 35.2 Å². The number of nitrogens with two attached hydrogens (primary N) is 3. The molecule has 622 valence electrons. The summed E-state index contributed by atoms with van der Waals surface area (Å²) in [7, 11) is 5.84. The number of nitro groups is 5. The van der Waals surface area contributed by atoms with Crippen molar-refractivity contribution in [2.24, 2.45) is 11.7 Å². The fourth-order valence-electron chi connectivity index (χ4n) is 8.05. The number of non-ortho nitro benzene ring substituents is 5. The molecule has 0 radical (unpaired) electrons. The van der Waals surface area contributed by atoms with E-state index in [4.69, 9.17) is 149 Å². The van der Waals surface area contributed by atoms with Crippen molar-refractivity contribution in [1.82, 2.24) is 0 Å². The molecule has 1 aliphatic rings. The number of carbonyl (C=O) groups is 3. The van der Waals surface area contributed by atoms with E-state index in [0.29, 0.717) is 71.0 Å². The number of allylic oxidation sites excluding steroid dienone is 1. The molecule has 0 spiro atoms. The van der Waals surface area contributed by atoms with Crippen LogP contribution in [-0.4, -0.2) is 139 Å². The van der Waals surface area contributed by atoms with E-state index in [0.717, 1.165) is 65.9 Å². The van der Waals surface area contributed by atoms with Gasteiger partial charge in [-0.3, -0.25) is 70.7 Å². The van der Waals surface area contributed by atoms with Crippen LogP contribution < -0.4 is 52.1 Å². The first-order chi connectivity index (χ1) is 51.9. The molecule has 0 aliphatic heterocycles. The SMILES string of the molecule is C.C.COC(=O)Cc1cc([N+](=O)[O-])ccc1Cl.COCOCCc1cc(N)ccc1Cl.COCOCCc1cc(NC=O)c([C@@](N)(/C=C/C2CC2)C(F)(F)F)cc1Cl.COCOCCc1cc([N+](=O)[O-])ccc1Cl.Nc1cc([N+](=O)[O-])ccc1Cl.O=C(O)c1cc([N+](=O)[O-])ccc1Cl.OO.[C-]#[N+]c1cc([N+](=O)[O-])ccc1Cl.[HH].[Na+].[OH-]. The van der Waals surface area contributed by atoms with Gasteiger partial charge < -0.3 is 66.3 Å². The minimum Gasteiger partial charge on any atom is -0.870 e. The number of nitro benzene ring substituents is 5. The maximum Gasteiger partial charge on any atom is 1.00 e. The molecule has 8 rings (SSSR count). The zero-order chi connectivity index (χ0) is 83.4. The van der Waals surface area contributed by atoms with E-state index in [9.17, 15) is 78.1 Å². The summed E-state index contributed by atoms with van der Waals surface area (Å²) in [6.07, 6.45) is 1.15. The van der Waals surface area contributed by atoms with Gasteiger partial charge in [0.2, 0.25) is 12.1 Å².